The molecule has 0 saturated heterocycles. The van der Waals surface area contributed by atoms with E-state index in [4.69, 9.17) is 0 Å². The van der Waals surface area contributed by atoms with Crippen molar-refractivity contribution in [2.75, 3.05) is 11.5 Å². The first-order valence-corrected chi connectivity index (χ1v) is 8.59. The van der Waals surface area contributed by atoms with Crippen LogP contribution in [0.15, 0.2) is 18.2 Å². The fourth-order valence-electron chi connectivity index (χ4n) is 2.26. The first kappa shape index (κ1) is 16.0. The van der Waals surface area contributed by atoms with Crippen LogP contribution in [0.1, 0.15) is 43.4 Å². The van der Waals surface area contributed by atoms with Gasteiger partial charge in [-0.2, -0.15) is 24.4 Å². The third kappa shape index (κ3) is 4.55. The lowest BCUT2D eigenvalue weighted by Gasteiger charge is -2.29. The molecule has 0 aliphatic rings. The molecule has 0 radical (unpaired) electrons. The Bertz CT molecular complexity index is 339. The maximum absolute atomic E-state index is 4.54. The first-order chi connectivity index (χ1) is 8.55. The molecule has 2 heteroatoms. The van der Waals surface area contributed by atoms with Crippen LogP contribution >= 0.6 is 24.4 Å². The predicted octanol–water partition coefficient (Wildman–Crippen LogP) is 5.27. The summed E-state index contributed by atoms with van der Waals surface area (Å²) in [5.74, 6) is 3.34. The van der Waals surface area contributed by atoms with Gasteiger partial charge in [-0.15, -0.1) is 0 Å². The number of hydrogen-bond acceptors (Lipinski definition) is 2. The molecule has 0 fully saturated rings. The van der Waals surface area contributed by atoms with E-state index in [-0.39, 0.29) is 0 Å². The number of thioether (sulfide) groups is 1. The van der Waals surface area contributed by atoms with Crippen molar-refractivity contribution in [1.82, 2.24) is 0 Å². The molecule has 0 bridgehead atoms. The topological polar surface area (TPSA) is 0 Å². The van der Waals surface area contributed by atoms with E-state index in [0.29, 0.717) is 5.41 Å². The van der Waals surface area contributed by atoms with E-state index in [1.807, 2.05) is 0 Å². The van der Waals surface area contributed by atoms with Gasteiger partial charge >= 0.3 is 0 Å². The zero-order chi connectivity index (χ0) is 13.6. The zero-order valence-electron chi connectivity index (χ0n) is 12.1. The summed E-state index contributed by atoms with van der Waals surface area (Å²) in [6.07, 6.45) is 2.46. The molecule has 0 nitrogen and oxygen atoms in total. The first-order valence-electron chi connectivity index (χ1n) is 6.81. The van der Waals surface area contributed by atoms with Gasteiger partial charge in [0.2, 0.25) is 0 Å². The Morgan fingerprint density at radius 2 is 1.61 bits per heavy atom. The zero-order valence-corrected chi connectivity index (χ0v) is 13.8. The lowest BCUT2D eigenvalue weighted by atomic mass is 9.87. The molecule has 0 aromatic heterocycles. The quantitative estimate of drug-likeness (QED) is 0.664. The van der Waals surface area contributed by atoms with Crippen LogP contribution in [0.5, 0.6) is 0 Å². The van der Waals surface area contributed by atoms with Gasteiger partial charge in [0.25, 0.3) is 0 Å². The molecule has 0 aliphatic carbocycles. The van der Waals surface area contributed by atoms with E-state index >= 15 is 0 Å². The highest BCUT2D eigenvalue weighted by atomic mass is 32.2. The van der Waals surface area contributed by atoms with Crippen molar-refractivity contribution in [1.29, 1.82) is 0 Å². The van der Waals surface area contributed by atoms with E-state index in [2.05, 4.69) is 70.3 Å². The molecule has 0 spiro atoms. The maximum atomic E-state index is 4.54. The van der Waals surface area contributed by atoms with Crippen molar-refractivity contribution in [2.45, 2.75) is 46.3 Å². The van der Waals surface area contributed by atoms with Crippen LogP contribution in [0.3, 0.4) is 0 Å². The van der Waals surface area contributed by atoms with Gasteiger partial charge in [-0.1, -0.05) is 43.2 Å². The second-order valence-corrected chi connectivity index (χ2v) is 6.66. The van der Waals surface area contributed by atoms with Gasteiger partial charge in [-0.3, -0.25) is 0 Å². The highest BCUT2D eigenvalue weighted by Gasteiger charge is 2.24. The van der Waals surface area contributed by atoms with Crippen LogP contribution in [-0.2, 0) is 5.75 Å². The molecule has 0 N–H and O–H groups in total. The summed E-state index contributed by atoms with van der Waals surface area (Å²) in [4.78, 5) is 0. The number of thiol groups is 1. The van der Waals surface area contributed by atoms with E-state index in [1.54, 1.807) is 0 Å². The van der Waals surface area contributed by atoms with E-state index < -0.39 is 0 Å². The molecule has 0 unspecified atom stereocenters. The molecule has 0 saturated carbocycles. The molecule has 0 amide bonds. The van der Waals surface area contributed by atoms with Crippen LogP contribution in [0.4, 0.5) is 0 Å². The fourth-order valence-corrected chi connectivity index (χ4v) is 4.42. The summed E-state index contributed by atoms with van der Waals surface area (Å²) >= 11 is 6.60. The lowest BCUT2D eigenvalue weighted by molar-refractivity contribution is 0.357. The normalized spacial score (nSPS) is 11.8. The molecule has 18 heavy (non-hydrogen) atoms. The van der Waals surface area contributed by atoms with Gasteiger partial charge in [-0.05, 0) is 43.4 Å². The smallest absolute Gasteiger partial charge is 0.0184 e. The molecular weight excluding hydrogens is 256 g/mol. The number of rotatable bonds is 7. The third-order valence-electron chi connectivity index (χ3n) is 3.79. The van der Waals surface area contributed by atoms with Crippen LogP contribution < -0.4 is 0 Å². The molecule has 1 aromatic rings. The predicted molar refractivity (Wildman–Crippen MR) is 88.9 cm³/mol. The molecule has 1 rings (SSSR count). The summed E-state index contributed by atoms with van der Waals surface area (Å²) in [6.45, 7) is 8.93. The van der Waals surface area contributed by atoms with Crippen molar-refractivity contribution in [2.24, 2.45) is 5.41 Å². The Hall–Kier alpha value is -0.0800. The molecule has 1 aromatic carbocycles. The van der Waals surface area contributed by atoms with Crippen molar-refractivity contribution < 1.29 is 0 Å². The number of hydrogen-bond donors (Lipinski definition) is 1. The average molecular weight is 283 g/mol. The van der Waals surface area contributed by atoms with Crippen molar-refractivity contribution >= 4 is 24.4 Å². The number of aryl methyl sites for hydroxylation is 2. The second-order valence-electron chi connectivity index (χ2n) is 5.35. The Labute approximate surface area is 122 Å². The van der Waals surface area contributed by atoms with Gasteiger partial charge in [-0.25, -0.2) is 0 Å². The van der Waals surface area contributed by atoms with E-state index in [1.165, 1.54) is 35.3 Å². The average Bonchev–Trinajstić information content (AvgIpc) is 2.34. The van der Waals surface area contributed by atoms with E-state index in [0.717, 1.165) is 11.5 Å². The van der Waals surface area contributed by atoms with Gasteiger partial charge < -0.3 is 0 Å². The lowest BCUT2D eigenvalue weighted by Crippen LogP contribution is -2.24. The minimum atomic E-state index is 0.423. The fraction of sp³-hybridized carbons (Fsp3) is 0.625. The van der Waals surface area contributed by atoms with Crippen molar-refractivity contribution in [3.8, 4) is 0 Å². The summed E-state index contributed by atoms with van der Waals surface area (Å²) in [6, 6.07) is 6.85. The highest BCUT2D eigenvalue weighted by Crippen LogP contribution is 2.33. The summed E-state index contributed by atoms with van der Waals surface area (Å²) in [5, 5.41) is 0. The van der Waals surface area contributed by atoms with Crippen LogP contribution in [0.25, 0.3) is 0 Å². The Morgan fingerprint density at radius 3 is 2.06 bits per heavy atom. The van der Waals surface area contributed by atoms with Gasteiger partial charge in [0.05, 0.1) is 0 Å². The standard InChI is InChI=1S/C16H26S2/c1-5-16(6-2,11-17)12-18-10-15-8-13(3)7-14(4)9-15/h7-9,17H,5-6,10-12H2,1-4H3. The summed E-state index contributed by atoms with van der Waals surface area (Å²) in [5.41, 5.74) is 4.62. The van der Waals surface area contributed by atoms with Gasteiger partial charge in [0.1, 0.15) is 0 Å². The SMILES string of the molecule is CCC(CC)(CS)CSCc1cc(C)cc(C)c1. The highest BCUT2D eigenvalue weighted by molar-refractivity contribution is 7.98. The molecular formula is C16H26S2. The van der Waals surface area contributed by atoms with Crippen LogP contribution in [-0.4, -0.2) is 11.5 Å². The monoisotopic (exact) mass is 282 g/mol. The minimum absolute atomic E-state index is 0.423. The second kappa shape index (κ2) is 7.49. The molecule has 102 valence electrons. The van der Waals surface area contributed by atoms with Crippen LogP contribution in [0, 0.1) is 19.3 Å². The van der Waals surface area contributed by atoms with Gasteiger partial charge in [0, 0.05) is 11.5 Å². The summed E-state index contributed by atoms with van der Waals surface area (Å²) in [7, 11) is 0. The van der Waals surface area contributed by atoms with Crippen LogP contribution in [0.2, 0.25) is 0 Å². The van der Waals surface area contributed by atoms with Crippen molar-refractivity contribution in [3.05, 3.63) is 34.9 Å². The molecule has 0 atom stereocenters. The van der Waals surface area contributed by atoms with Gasteiger partial charge in [0.15, 0.2) is 0 Å². The Morgan fingerprint density at radius 1 is 1.06 bits per heavy atom. The van der Waals surface area contributed by atoms with Crippen molar-refractivity contribution in [3.63, 3.8) is 0 Å². The van der Waals surface area contributed by atoms with E-state index in [9.17, 15) is 0 Å². The third-order valence-corrected chi connectivity index (χ3v) is 5.82. The largest absolute Gasteiger partial charge is 0.179 e. The molecule has 0 aliphatic heterocycles. The summed E-state index contributed by atoms with van der Waals surface area (Å²) < 4.78 is 0. The number of benzene rings is 1. The maximum Gasteiger partial charge on any atom is 0.0184 e. The Kier molecular flexibility index (Phi) is 6.65. The Balaban J connectivity index is 2.55. The molecule has 0 heterocycles. The minimum Gasteiger partial charge on any atom is -0.179 e.